The second-order valence-electron chi connectivity index (χ2n) is 4.64. The number of aliphatic hydroxyl groups is 1. The van der Waals surface area contributed by atoms with Crippen molar-refractivity contribution in [1.29, 1.82) is 0 Å². The van der Waals surface area contributed by atoms with Crippen LogP contribution < -0.4 is 0 Å². The molecule has 0 saturated heterocycles. The highest BCUT2D eigenvalue weighted by Crippen LogP contribution is 2.18. The number of rotatable bonds is 7. The number of carbonyl (C=O) groups excluding carboxylic acids is 1. The van der Waals surface area contributed by atoms with Gasteiger partial charge in [0, 0.05) is 7.05 Å². The number of hydroxylamine groups is 2. The van der Waals surface area contributed by atoms with Crippen molar-refractivity contribution in [3.8, 4) is 0 Å². The minimum atomic E-state index is -0.787. The van der Waals surface area contributed by atoms with Gasteiger partial charge in [-0.15, -0.1) is 0 Å². The highest BCUT2D eigenvalue weighted by molar-refractivity contribution is 5.75. The molecule has 0 bridgehead atoms. The van der Waals surface area contributed by atoms with Crippen molar-refractivity contribution in [3.63, 3.8) is 0 Å². The smallest absolute Gasteiger partial charge is 0.248 e. The summed E-state index contributed by atoms with van der Waals surface area (Å²) in [6.45, 7) is 2.16. The Hall–Kier alpha value is -1.39. The third kappa shape index (κ3) is 5.01. The van der Waals surface area contributed by atoms with E-state index in [9.17, 15) is 9.90 Å². The van der Waals surface area contributed by atoms with E-state index in [2.05, 4.69) is 6.92 Å². The van der Waals surface area contributed by atoms with E-state index >= 15 is 0 Å². The Morgan fingerprint density at radius 2 is 2.00 bits per heavy atom. The molecule has 0 aliphatic heterocycles. The zero-order valence-electron chi connectivity index (χ0n) is 11.9. The molecule has 4 heteroatoms. The van der Waals surface area contributed by atoms with Crippen LogP contribution in [0.15, 0.2) is 24.3 Å². The van der Waals surface area contributed by atoms with Crippen molar-refractivity contribution in [2.45, 2.75) is 38.7 Å². The fourth-order valence-electron chi connectivity index (χ4n) is 1.80. The van der Waals surface area contributed by atoms with Crippen LogP contribution in [0.5, 0.6) is 0 Å². The van der Waals surface area contributed by atoms with E-state index in [1.807, 2.05) is 24.3 Å². The maximum Gasteiger partial charge on any atom is 0.248 e. The molecule has 0 radical (unpaired) electrons. The van der Waals surface area contributed by atoms with Crippen LogP contribution in [0.4, 0.5) is 0 Å². The molecule has 1 aromatic carbocycles. The molecule has 1 atom stereocenters. The van der Waals surface area contributed by atoms with Gasteiger partial charge in [-0.05, 0) is 24.0 Å². The van der Waals surface area contributed by atoms with Crippen LogP contribution in [0, 0.1) is 0 Å². The molecule has 19 heavy (non-hydrogen) atoms. The summed E-state index contributed by atoms with van der Waals surface area (Å²) in [6, 6.07) is 7.79. The Labute approximate surface area is 114 Å². The molecule has 4 nitrogen and oxygen atoms in total. The zero-order chi connectivity index (χ0) is 14.3. The molecule has 0 spiro atoms. The number of carbonyl (C=O) groups is 1. The van der Waals surface area contributed by atoms with Gasteiger partial charge in [0.05, 0.1) is 19.6 Å². The van der Waals surface area contributed by atoms with Crippen molar-refractivity contribution in [2.75, 3.05) is 14.2 Å². The number of aliphatic hydroxyl groups excluding tert-OH is 1. The lowest BCUT2D eigenvalue weighted by Crippen LogP contribution is -2.26. The number of benzene rings is 1. The van der Waals surface area contributed by atoms with Gasteiger partial charge >= 0.3 is 0 Å². The van der Waals surface area contributed by atoms with Crippen LogP contribution in [0.1, 0.15) is 43.4 Å². The summed E-state index contributed by atoms with van der Waals surface area (Å²) >= 11 is 0. The minimum absolute atomic E-state index is 0.0264. The summed E-state index contributed by atoms with van der Waals surface area (Å²) in [7, 11) is 2.95. The monoisotopic (exact) mass is 265 g/mol. The summed E-state index contributed by atoms with van der Waals surface area (Å²) in [5.74, 6) is -0.245. The van der Waals surface area contributed by atoms with Crippen molar-refractivity contribution in [3.05, 3.63) is 35.4 Å². The zero-order valence-corrected chi connectivity index (χ0v) is 11.9. The molecule has 0 heterocycles. The number of unbranched alkanes of at least 4 members (excludes halogenated alkanes) is 1. The molecule has 0 aliphatic rings. The molecule has 1 N–H and O–H groups in total. The van der Waals surface area contributed by atoms with Crippen molar-refractivity contribution in [2.24, 2.45) is 0 Å². The molecular weight excluding hydrogens is 242 g/mol. The predicted molar refractivity (Wildman–Crippen MR) is 74.4 cm³/mol. The van der Waals surface area contributed by atoms with Crippen molar-refractivity contribution < 1.29 is 14.7 Å². The Morgan fingerprint density at radius 3 is 2.53 bits per heavy atom. The maximum absolute atomic E-state index is 11.6. The Kier molecular flexibility index (Phi) is 6.53. The summed E-state index contributed by atoms with van der Waals surface area (Å²) in [4.78, 5) is 16.4. The first-order valence-electron chi connectivity index (χ1n) is 6.66. The highest BCUT2D eigenvalue weighted by Gasteiger charge is 2.16. The molecular formula is C15H23NO3. The topological polar surface area (TPSA) is 49.8 Å². The van der Waals surface area contributed by atoms with E-state index in [1.165, 1.54) is 32.6 Å². The molecule has 0 fully saturated rings. The van der Waals surface area contributed by atoms with Gasteiger partial charge in [-0.25, -0.2) is 5.06 Å². The minimum Gasteiger partial charge on any atom is -0.388 e. The molecule has 0 saturated carbocycles. The number of aryl methyl sites for hydroxylation is 1. The average Bonchev–Trinajstić information content (AvgIpc) is 2.44. The summed E-state index contributed by atoms with van der Waals surface area (Å²) in [6.07, 6.45) is 2.63. The largest absolute Gasteiger partial charge is 0.388 e. The third-order valence-corrected chi connectivity index (χ3v) is 3.18. The van der Waals surface area contributed by atoms with Gasteiger partial charge in [-0.2, -0.15) is 0 Å². The second kappa shape index (κ2) is 7.92. The molecule has 0 aromatic heterocycles. The fraction of sp³-hybridized carbons (Fsp3) is 0.533. The fourth-order valence-corrected chi connectivity index (χ4v) is 1.80. The SMILES string of the molecule is CCCCc1ccc(C(O)CC(=O)N(C)OC)cc1. The van der Waals surface area contributed by atoms with Crippen LogP contribution in [-0.4, -0.2) is 30.2 Å². The quantitative estimate of drug-likeness (QED) is 0.770. The first kappa shape index (κ1) is 15.7. The molecule has 1 amide bonds. The van der Waals surface area contributed by atoms with E-state index in [0.29, 0.717) is 0 Å². The van der Waals surface area contributed by atoms with Crippen LogP contribution in [-0.2, 0) is 16.1 Å². The third-order valence-electron chi connectivity index (χ3n) is 3.18. The normalized spacial score (nSPS) is 12.2. The number of nitrogens with zero attached hydrogens (tertiary/aromatic N) is 1. The number of hydrogen-bond donors (Lipinski definition) is 1. The van der Waals surface area contributed by atoms with Crippen LogP contribution in [0.2, 0.25) is 0 Å². The lowest BCUT2D eigenvalue weighted by molar-refractivity contribution is -0.170. The Balaban J connectivity index is 2.57. The summed E-state index contributed by atoms with van der Waals surface area (Å²) < 4.78 is 0. The van der Waals surface area contributed by atoms with Gasteiger partial charge in [0.15, 0.2) is 0 Å². The van der Waals surface area contributed by atoms with Crippen molar-refractivity contribution in [1.82, 2.24) is 5.06 Å². The lowest BCUT2D eigenvalue weighted by atomic mass is 10.0. The number of amides is 1. The van der Waals surface area contributed by atoms with Crippen LogP contribution in [0.3, 0.4) is 0 Å². The Morgan fingerprint density at radius 1 is 1.37 bits per heavy atom. The first-order chi connectivity index (χ1) is 9.08. The van der Waals surface area contributed by atoms with Gasteiger partial charge in [0.2, 0.25) is 5.91 Å². The standard InChI is InChI=1S/C15H23NO3/c1-4-5-6-12-7-9-13(10-8-12)14(17)11-15(18)16(2)19-3/h7-10,14,17H,4-6,11H2,1-3H3. The van der Waals surface area contributed by atoms with Gasteiger partial charge < -0.3 is 5.11 Å². The van der Waals surface area contributed by atoms with Gasteiger partial charge in [-0.1, -0.05) is 37.6 Å². The van der Waals surface area contributed by atoms with E-state index < -0.39 is 6.10 Å². The summed E-state index contributed by atoms with van der Waals surface area (Å²) in [5.41, 5.74) is 2.02. The molecule has 0 aliphatic carbocycles. The average molecular weight is 265 g/mol. The molecule has 1 unspecified atom stereocenters. The number of hydrogen-bond acceptors (Lipinski definition) is 3. The Bertz CT molecular complexity index is 389. The lowest BCUT2D eigenvalue weighted by Gasteiger charge is -2.16. The van der Waals surface area contributed by atoms with Crippen LogP contribution in [0.25, 0.3) is 0 Å². The van der Waals surface area contributed by atoms with Gasteiger partial charge in [-0.3, -0.25) is 9.63 Å². The maximum atomic E-state index is 11.6. The first-order valence-corrected chi connectivity index (χ1v) is 6.66. The van der Waals surface area contributed by atoms with Crippen LogP contribution >= 0.6 is 0 Å². The second-order valence-corrected chi connectivity index (χ2v) is 4.64. The van der Waals surface area contributed by atoms with E-state index in [1.54, 1.807) is 0 Å². The molecule has 1 aromatic rings. The highest BCUT2D eigenvalue weighted by atomic mass is 16.7. The van der Waals surface area contributed by atoms with E-state index in [-0.39, 0.29) is 12.3 Å². The summed E-state index contributed by atoms with van der Waals surface area (Å²) in [5, 5.41) is 11.1. The van der Waals surface area contributed by atoms with Gasteiger partial charge in [0.25, 0.3) is 0 Å². The molecule has 1 rings (SSSR count). The van der Waals surface area contributed by atoms with Gasteiger partial charge in [0.1, 0.15) is 0 Å². The van der Waals surface area contributed by atoms with Crippen molar-refractivity contribution >= 4 is 5.91 Å². The van der Waals surface area contributed by atoms with E-state index in [0.717, 1.165) is 17.0 Å². The predicted octanol–water partition coefficient (Wildman–Crippen LogP) is 2.47. The molecule has 106 valence electrons. The van der Waals surface area contributed by atoms with E-state index in [4.69, 9.17) is 4.84 Å².